The molecule has 0 saturated carbocycles. The number of ketones is 1. The molecule has 33 nitrogen and oxygen atoms in total. The van der Waals surface area contributed by atoms with Gasteiger partial charge in [-0.2, -0.15) is 25.5 Å². The number of carbonyl (C=O) groups is 4. The van der Waals surface area contributed by atoms with E-state index >= 15 is 0 Å². The van der Waals surface area contributed by atoms with Crippen LogP contribution in [0.1, 0.15) is 115 Å². The largest absolute Gasteiger partial charge is 0.490 e. The molecular formula is C63H78N5O28P3S6. The van der Waals surface area contributed by atoms with Crippen molar-refractivity contribution in [3.63, 3.8) is 0 Å². The van der Waals surface area contributed by atoms with Gasteiger partial charge >= 0.3 is 29.2 Å². The first-order valence-electron chi connectivity index (χ1n) is 31.9. The van der Waals surface area contributed by atoms with E-state index in [1.807, 2.05) is 6.26 Å². The van der Waals surface area contributed by atoms with Gasteiger partial charge in [-0.15, -0.1) is 0 Å². The summed E-state index contributed by atoms with van der Waals surface area (Å²) >= 11 is 0. The van der Waals surface area contributed by atoms with E-state index in [0.29, 0.717) is 30.6 Å². The van der Waals surface area contributed by atoms with Crippen LogP contribution in [-0.2, 0) is 82.0 Å². The maximum absolute atomic E-state index is 14.4. The van der Waals surface area contributed by atoms with Crippen molar-refractivity contribution in [1.29, 1.82) is 0 Å². The van der Waals surface area contributed by atoms with Gasteiger partial charge in [-0.3, -0.25) is 47.2 Å². The molecule has 42 heteroatoms. The zero-order valence-electron chi connectivity index (χ0n) is 57.1. The van der Waals surface area contributed by atoms with Crippen molar-refractivity contribution >= 4 is 122 Å². The highest BCUT2D eigenvalue weighted by Gasteiger charge is 2.44. The van der Waals surface area contributed by atoms with Crippen LogP contribution in [-0.4, -0.2) is 179 Å². The van der Waals surface area contributed by atoms with Gasteiger partial charge in [-0.05, 0) is 91.8 Å². The van der Waals surface area contributed by atoms with Crippen LogP contribution in [0.25, 0.3) is 11.6 Å². The highest BCUT2D eigenvalue weighted by atomic mass is 33.1. The highest BCUT2D eigenvalue weighted by Crippen LogP contribution is 2.66. The number of carbonyl (C=O) groups excluding carboxylic acids is 4. The van der Waals surface area contributed by atoms with E-state index in [0.717, 1.165) is 10.8 Å². The van der Waals surface area contributed by atoms with Crippen LogP contribution < -0.4 is 41.8 Å². The lowest BCUT2D eigenvalue weighted by molar-refractivity contribution is -0.126. The molecule has 5 aromatic rings. The first-order valence-corrected chi connectivity index (χ1v) is 44.5. The summed E-state index contributed by atoms with van der Waals surface area (Å²) in [6.45, 7) is 4.09. The Labute approximate surface area is 619 Å². The van der Waals surface area contributed by atoms with Crippen LogP contribution in [0.3, 0.4) is 0 Å². The van der Waals surface area contributed by atoms with Gasteiger partial charge < -0.3 is 63.5 Å². The summed E-state index contributed by atoms with van der Waals surface area (Å²) in [6, 6.07) is 19.0. The molecule has 2 aliphatic rings. The first kappa shape index (κ1) is 86.2. The van der Waals surface area contributed by atoms with Gasteiger partial charge in [0.05, 0.1) is 32.5 Å². The number of fused-ring (bicyclic) bond motifs is 2. The summed E-state index contributed by atoms with van der Waals surface area (Å²) in [5, 5.41) is 5.53. The number of amides is 3. The predicted octanol–water partition coefficient (Wildman–Crippen LogP) is 6.45. The number of benzene rings is 4. The Morgan fingerprint density at radius 1 is 0.857 bits per heavy atom. The molecule has 2 aliphatic heterocycles. The third kappa shape index (κ3) is 25.6. The smallest absolute Gasteiger partial charge is 0.490 e. The van der Waals surface area contributed by atoms with Crippen LogP contribution in [0.4, 0.5) is 0 Å². The number of phosphoric ester groups is 1. The van der Waals surface area contributed by atoms with Crippen LogP contribution in [0.2, 0.25) is 0 Å². The zero-order chi connectivity index (χ0) is 77.0. The number of aryl methyl sites for hydroxylation is 1. The van der Waals surface area contributed by atoms with Crippen molar-refractivity contribution in [2.75, 3.05) is 72.2 Å². The number of rotatable bonds is 40. The minimum Gasteiger partial charge on any atom is -0.490 e. The van der Waals surface area contributed by atoms with Crippen LogP contribution in [0.5, 0.6) is 17.2 Å². The average molecular weight is 1640 g/mol. The van der Waals surface area contributed by atoms with E-state index in [-0.39, 0.29) is 127 Å². The summed E-state index contributed by atoms with van der Waals surface area (Å²) in [7, 11) is -20.2. The second-order valence-electron chi connectivity index (χ2n) is 22.9. The number of nitrogens with one attached hydrogen (secondary N) is 3. The molecule has 0 radical (unpaired) electrons. The molecule has 105 heavy (non-hydrogen) atoms. The summed E-state index contributed by atoms with van der Waals surface area (Å²) < 4.78 is 158. The van der Waals surface area contributed by atoms with Gasteiger partial charge in [0, 0.05) is 73.1 Å². The average Bonchev–Trinajstić information content (AvgIpc) is 1.61. The number of ether oxygens (including phenoxy) is 6. The van der Waals surface area contributed by atoms with Crippen molar-refractivity contribution in [3.8, 4) is 29.1 Å². The molecule has 1 aromatic heterocycles. The topological polar surface area (TPSA) is 474 Å². The predicted molar refractivity (Wildman–Crippen MR) is 390 cm³/mol. The lowest BCUT2D eigenvalue weighted by atomic mass is 9.88. The van der Waals surface area contributed by atoms with Gasteiger partial charge in [0.15, 0.2) is 11.5 Å². The van der Waals surface area contributed by atoms with Gasteiger partial charge in [-0.25, -0.2) is 18.5 Å². The number of H-pyrrole nitrogens is 1. The molecule has 9 N–H and O–H groups in total. The lowest BCUT2D eigenvalue weighted by Crippen LogP contribution is -2.34. The van der Waals surface area contributed by atoms with Crippen LogP contribution in [0, 0.1) is 11.8 Å². The van der Waals surface area contributed by atoms with Gasteiger partial charge in [0.1, 0.15) is 63.3 Å². The van der Waals surface area contributed by atoms with Crippen LogP contribution in [0.15, 0.2) is 98.4 Å². The van der Waals surface area contributed by atoms with Crippen molar-refractivity contribution < 1.29 is 120 Å². The fraction of sp³-hybridized carbons (Fsp3) is 0.429. The monoisotopic (exact) mass is 1640 g/mol. The fourth-order valence-electron chi connectivity index (χ4n) is 10.8. The van der Waals surface area contributed by atoms with Crippen molar-refractivity contribution in [2.24, 2.45) is 0 Å². The molecule has 574 valence electrons. The van der Waals surface area contributed by atoms with E-state index in [9.17, 15) is 78.2 Å². The molecule has 0 aliphatic carbocycles. The number of phosphoric acid groups is 3. The summed E-state index contributed by atoms with van der Waals surface area (Å²) in [5.74, 6) is 3.18. The highest BCUT2D eigenvalue weighted by molar-refractivity contribution is 8.76. The maximum Gasteiger partial charge on any atom is 0.490 e. The van der Waals surface area contributed by atoms with Gasteiger partial charge in [0.2, 0.25) is 5.91 Å². The summed E-state index contributed by atoms with van der Waals surface area (Å²) in [4.78, 5) is 119. The van der Waals surface area contributed by atoms with Gasteiger partial charge in [0.25, 0.3) is 37.6 Å². The molecule has 0 spiro atoms. The van der Waals surface area contributed by atoms with E-state index in [4.69, 9.17) is 42.7 Å². The molecule has 4 unspecified atom stereocenters. The Bertz CT molecular complexity index is 4710. The number of aromatic nitrogens is 2. The molecule has 7 atom stereocenters. The standard InChI is InChI=1S/C63H78N5O28P3S6/c1-7-15-40-24-26-48-55(49-27-25-41(16-8-2)59(105(85,86)87)57(49)94-56(48)58(40)104(82,83)84)46-22-9-10-23-47(46)62(73)67(4)30-14-20-44(69)19-13-29-65-60(71)42-17-11-21-45(33-42)90-38-54(103-101-6)89-32-31-88-37-52(70)64-28-12-18-43-35-68(63(74)66-61(43)72)53-34-50(92-39(3)102-100-5)51(93-53)36-91-98(78,79)96-99(80,81)95-97(75,76)77/h9-11,15,17,21-27,33,35,39,50-51,53-54H,7-8,13-14,16,19-20,28-32,34,36-38H2,1-6H3,(H,64,70)(H,65,71)(H,78,79)(H,80,81)(H,66,72,74)(H2,75,76,77)(H,82,83,84)(H,85,86,87)/b40-15+/t39-,50?,51+,53+,54?/m0/s1. The minimum atomic E-state index is -5.83. The molecule has 0 bridgehead atoms. The number of Topliss-reactive ketones (excluding diaryl/α,β-unsaturated/α-hetero) is 1. The third-order valence-corrected chi connectivity index (χ3v) is 24.7. The Hall–Kier alpha value is -5.99. The molecular weight excluding hydrogens is 1560 g/mol. The first-order chi connectivity index (χ1) is 49.6. The number of nitrogens with zero attached hydrogens (tertiary/aromatic N) is 2. The molecule has 3 amide bonds. The molecule has 7 rings (SSSR count). The maximum atomic E-state index is 14.4. The second kappa shape index (κ2) is 39.4. The van der Waals surface area contributed by atoms with E-state index in [2.05, 4.69) is 36.1 Å². The van der Waals surface area contributed by atoms with E-state index < -0.39 is 131 Å². The SMILES string of the molecule is CC/C=c1\ccc2c(c1S(=O)(=O)O)Oc1c(ccc(CCC)c1S(=O)(=O)O)C=2c1ccccc1C(=O)N(C)CCCC(=O)CCCNC(=O)c1cccc(OCC(OCCOCC(=O)NCC#Cc2cn([C@H]3CC(O[C@H](C)SSC)[C@@H](COP(=O)(O)OP(=O)(O)OP(=O)(O)O)O3)c(=O)[nH]c2=O)SSC)c1. The minimum absolute atomic E-state index is 0.00631. The Morgan fingerprint density at radius 3 is 2.28 bits per heavy atom. The second-order valence-corrected chi connectivity index (χ2v) is 35.4. The number of hydrogen-bond donors (Lipinski definition) is 9. The quantitative estimate of drug-likeness (QED) is 0.00498. The van der Waals surface area contributed by atoms with Crippen molar-refractivity contribution in [2.45, 2.75) is 111 Å². The lowest BCUT2D eigenvalue weighted by Gasteiger charge is -2.27. The van der Waals surface area contributed by atoms with Gasteiger partial charge in [-0.1, -0.05) is 124 Å². The Kier molecular flexibility index (Phi) is 32.4. The fourth-order valence-corrected chi connectivity index (χ4v) is 18.4. The summed E-state index contributed by atoms with van der Waals surface area (Å²) in [6.07, 6.45) is 4.48. The van der Waals surface area contributed by atoms with E-state index in [1.54, 1.807) is 101 Å². The molecule has 4 aromatic carbocycles. The Balaban J connectivity index is 0.837. The third-order valence-electron chi connectivity index (χ3n) is 15.1. The van der Waals surface area contributed by atoms with Crippen molar-refractivity contribution in [3.05, 3.63) is 144 Å². The van der Waals surface area contributed by atoms with Crippen molar-refractivity contribution in [1.82, 2.24) is 25.1 Å². The summed E-state index contributed by atoms with van der Waals surface area (Å²) in [5.41, 5.74) is -1.89. The normalized spacial score (nSPS) is 17.0. The van der Waals surface area contributed by atoms with E-state index in [1.165, 1.54) is 60.2 Å². The number of aromatic amines is 1. The molecule has 1 fully saturated rings. The van der Waals surface area contributed by atoms with Crippen LogP contribution >= 0.6 is 66.6 Å². The zero-order valence-corrected chi connectivity index (χ0v) is 64.7. The molecule has 3 heterocycles. The number of hydrogen-bond acceptors (Lipinski definition) is 26. The molecule has 1 saturated heterocycles. The Morgan fingerprint density at radius 2 is 1.58 bits per heavy atom.